The van der Waals surface area contributed by atoms with Gasteiger partial charge in [-0.25, -0.2) is 0 Å². The number of benzene rings is 1. The van der Waals surface area contributed by atoms with Crippen molar-refractivity contribution in [2.24, 2.45) is 5.73 Å². The number of halogens is 1. The van der Waals surface area contributed by atoms with E-state index in [1.807, 2.05) is 0 Å². The van der Waals surface area contributed by atoms with Crippen LogP contribution >= 0.6 is 15.9 Å². The molecule has 16 heavy (non-hydrogen) atoms. The Morgan fingerprint density at radius 3 is 2.81 bits per heavy atom. The molecule has 1 aromatic rings. The molecular weight excluding hydrogens is 270 g/mol. The molecule has 0 fully saturated rings. The first kappa shape index (κ1) is 11.7. The zero-order valence-electron chi connectivity index (χ0n) is 9.38. The summed E-state index contributed by atoms with van der Waals surface area (Å²) in [5.74, 6) is 1.75. The van der Waals surface area contributed by atoms with E-state index in [1.54, 1.807) is 0 Å². The van der Waals surface area contributed by atoms with Gasteiger partial charge in [-0.15, -0.1) is 0 Å². The lowest BCUT2D eigenvalue weighted by molar-refractivity contribution is 0.173. The molecule has 1 aliphatic rings. The Labute approximate surface area is 104 Å². The summed E-state index contributed by atoms with van der Waals surface area (Å²) in [6, 6.07) is 2.13. The number of rotatable bonds is 4. The van der Waals surface area contributed by atoms with E-state index in [1.165, 1.54) is 11.1 Å². The Bertz CT molecular complexity index is 393. The fourth-order valence-corrected chi connectivity index (χ4v) is 2.61. The van der Waals surface area contributed by atoms with Gasteiger partial charge in [0.15, 0.2) is 11.5 Å². The van der Waals surface area contributed by atoms with E-state index >= 15 is 0 Å². The molecule has 0 aliphatic carbocycles. The Kier molecular flexibility index (Phi) is 3.71. The second-order valence-electron chi connectivity index (χ2n) is 3.81. The van der Waals surface area contributed by atoms with Gasteiger partial charge in [0.2, 0.25) is 6.79 Å². The van der Waals surface area contributed by atoms with Gasteiger partial charge in [-0.05, 0) is 53.4 Å². The van der Waals surface area contributed by atoms with Crippen LogP contribution in [0.4, 0.5) is 0 Å². The minimum atomic E-state index is 0.321. The third-order valence-corrected chi connectivity index (χ3v) is 3.39. The van der Waals surface area contributed by atoms with Crippen LogP contribution in [0, 0.1) is 0 Å². The van der Waals surface area contributed by atoms with Gasteiger partial charge in [0, 0.05) is 5.56 Å². The Morgan fingerprint density at radius 1 is 1.38 bits per heavy atom. The number of nitrogens with two attached hydrogens (primary N) is 1. The fourth-order valence-electron chi connectivity index (χ4n) is 2.03. The summed E-state index contributed by atoms with van der Waals surface area (Å²) in [5.41, 5.74) is 8.11. The predicted molar refractivity (Wildman–Crippen MR) is 67.0 cm³/mol. The van der Waals surface area contributed by atoms with Gasteiger partial charge in [-0.2, -0.15) is 0 Å². The van der Waals surface area contributed by atoms with Crippen LogP contribution in [0.3, 0.4) is 0 Å². The number of fused-ring (bicyclic) bond motifs is 1. The SMILES string of the molecule is CCc1c(CCCN)cc(Br)c2c1OCO2. The number of aryl methyl sites for hydroxylation is 1. The Hall–Kier alpha value is -0.740. The highest BCUT2D eigenvalue weighted by atomic mass is 79.9. The van der Waals surface area contributed by atoms with Crippen molar-refractivity contribution in [1.29, 1.82) is 0 Å². The second kappa shape index (κ2) is 5.06. The third-order valence-electron chi connectivity index (χ3n) is 2.80. The van der Waals surface area contributed by atoms with Crippen molar-refractivity contribution in [2.45, 2.75) is 26.2 Å². The molecule has 1 aromatic carbocycles. The summed E-state index contributed by atoms with van der Waals surface area (Å²) in [4.78, 5) is 0. The third kappa shape index (κ3) is 2.04. The number of hydrogen-bond donors (Lipinski definition) is 1. The van der Waals surface area contributed by atoms with Gasteiger partial charge in [0.1, 0.15) is 0 Å². The molecule has 0 unspecified atom stereocenters. The topological polar surface area (TPSA) is 44.5 Å². The summed E-state index contributed by atoms with van der Waals surface area (Å²) in [7, 11) is 0. The molecule has 2 rings (SSSR count). The smallest absolute Gasteiger partial charge is 0.231 e. The second-order valence-corrected chi connectivity index (χ2v) is 4.66. The monoisotopic (exact) mass is 285 g/mol. The lowest BCUT2D eigenvalue weighted by Crippen LogP contribution is -2.03. The van der Waals surface area contributed by atoms with Crippen molar-refractivity contribution in [1.82, 2.24) is 0 Å². The fraction of sp³-hybridized carbons (Fsp3) is 0.500. The largest absolute Gasteiger partial charge is 0.453 e. The summed E-state index contributed by atoms with van der Waals surface area (Å²) in [5, 5.41) is 0. The highest BCUT2D eigenvalue weighted by molar-refractivity contribution is 9.10. The van der Waals surface area contributed by atoms with Crippen LogP contribution in [0.1, 0.15) is 24.5 Å². The van der Waals surface area contributed by atoms with Crippen LogP contribution < -0.4 is 15.2 Å². The number of ether oxygens (including phenoxy) is 2. The zero-order chi connectivity index (χ0) is 11.5. The molecule has 0 saturated heterocycles. The summed E-state index contributed by atoms with van der Waals surface area (Å²) in [6.07, 6.45) is 2.95. The van der Waals surface area contributed by atoms with Crippen LogP contribution in [0.2, 0.25) is 0 Å². The highest BCUT2D eigenvalue weighted by Crippen LogP contribution is 2.44. The number of hydrogen-bond acceptors (Lipinski definition) is 3. The molecule has 0 radical (unpaired) electrons. The van der Waals surface area contributed by atoms with Crippen LogP contribution in [-0.4, -0.2) is 13.3 Å². The standard InChI is InChI=1S/C12H16BrNO2/c1-2-9-8(4-3-5-14)6-10(13)12-11(9)15-7-16-12/h6H,2-5,7,14H2,1H3. The lowest BCUT2D eigenvalue weighted by Gasteiger charge is -2.11. The summed E-state index contributed by atoms with van der Waals surface area (Å²) < 4.78 is 12.0. The van der Waals surface area contributed by atoms with E-state index in [4.69, 9.17) is 15.2 Å². The van der Waals surface area contributed by atoms with Gasteiger partial charge < -0.3 is 15.2 Å². The molecule has 2 N–H and O–H groups in total. The maximum Gasteiger partial charge on any atom is 0.231 e. The molecule has 0 bridgehead atoms. The summed E-state index contributed by atoms with van der Waals surface area (Å²) in [6.45, 7) is 3.17. The van der Waals surface area contributed by atoms with E-state index in [-0.39, 0.29) is 0 Å². The van der Waals surface area contributed by atoms with Crippen molar-refractivity contribution in [3.63, 3.8) is 0 Å². The van der Waals surface area contributed by atoms with E-state index in [0.29, 0.717) is 6.79 Å². The first-order chi connectivity index (χ1) is 7.77. The molecule has 0 spiro atoms. The van der Waals surface area contributed by atoms with Gasteiger partial charge in [-0.1, -0.05) is 6.92 Å². The van der Waals surface area contributed by atoms with Crippen molar-refractivity contribution in [3.05, 3.63) is 21.7 Å². The average molecular weight is 286 g/mol. The van der Waals surface area contributed by atoms with E-state index in [0.717, 1.165) is 41.8 Å². The van der Waals surface area contributed by atoms with E-state index in [9.17, 15) is 0 Å². The molecule has 0 atom stereocenters. The van der Waals surface area contributed by atoms with Crippen molar-refractivity contribution in [2.75, 3.05) is 13.3 Å². The van der Waals surface area contributed by atoms with Crippen molar-refractivity contribution in [3.8, 4) is 11.5 Å². The maximum absolute atomic E-state index is 5.55. The van der Waals surface area contributed by atoms with E-state index < -0.39 is 0 Å². The van der Waals surface area contributed by atoms with Crippen molar-refractivity contribution < 1.29 is 9.47 Å². The molecule has 4 heteroatoms. The average Bonchev–Trinajstić information content (AvgIpc) is 2.76. The van der Waals surface area contributed by atoms with Gasteiger partial charge >= 0.3 is 0 Å². The summed E-state index contributed by atoms with van der Waals surface area (Å²) >= 11 is 3.52. The van der Waals surface area contributed by atoms with Gasteiger partial charge in [0.25, 0.3) is 0 Å². The normalized spacial score (nSPS) is 13.2. The Balaban J connectivity index is 2.41. The first-order valence-electron chi connectivity index (χ1n) is 5.57. The quantitative estimate of drug-likeness (QED) is 0.925. The van der Waals surface area contributed by atoms with Crippen LogP contribution in [0.5, 0.6) is 11.5 Å². The Morgan fingerprint density at radius 2 is 2.12 bits per heavy atom. The van der Waals surface area contributed by atoms with Gasteiger partial charge in [-0.3, -0.25) is 0 Å². The van der Waals surface area contributed by atoms with Crippen molar-refractivity contribution >= 4 is 15.9 Å². The lowest BCUT2D eigenvalue weighted by atomic mass is 9.99. The van der Waals surface area contributed by atoms with E-state index in [2.05, 4.69) is 28.9 Å². The van der Waals surface area contributed by atoms with Gasteiger partial charge in [0.05, 0.1) is 4.47 Å². The molecule has 0 saturated carbocycles. The first-order valence-corrected chi connectivity index (χ1v) is 6.37. The molecule has 0 amide bonds. The minimum Gasteiger partial charge on any atom is -0.453 e. The predicted octanol–water partition coefficient (Wildman–Crippen LogP) is 2.63. The van der Waals surface area contributed by atoms with Crippen LogP contribution in [0.25, 0.3) is 0 Å². The minimum absolute atomic E-state index is 0.321. The molecule has 3 nitrogen and oxygen atoms in total. The highest BCUT2D eigenvalue weighted by Gasteiger charge is 2.22. The molecule has 1 heterocycles. The molecule has 88 valence electrons. The van der Waals surface area contributed by atoms with Crippen LogP contribution in [-0.2, 0) is 12.8 Å². The van der Waals surface area contributed by atoms with Crippen LogP contribution in [0.15, 0.2) is 10.5 Å². The molecule has 0 aromatic heterocycles. The molecular formula is C12H16BrNO2. The zero-order valence-corrected chi connectivity index (χ0v) is 11.0. The maximum atomic E-state index is 5.55. The molecule has 1 aliphatic heterocycles.